The number of carbonyl (C=O) groups excluding carboxylic acids is 1. The Kier molecular flexibility index (Phi) is 3.77. The molecule has 2 aromatic carbocycles. The number of imidazole rings is 1. The summed E-state index contributed by atoms with van der Waals surface area (Å²) in [4.78, 5) is 41.2. The first-order valence-corrected chi connectivity index (χ1v) is 7.87. The van der Waals surface area contributed by atoms with Crippen molar-refractivity contribution in [3.8, 4) is 0 Å². The van der Waals surface area contributed by atoms with Crippen molar-refractivity contribution in [1.82, 2.24) is 14.5 Å². The van der Waals surface area contributed by atoms with Gasteiger partial charge in [0.2, 0.25) is 0 Å². The predicted molar refractivity (Wildman–Crippen MR) is 95.4 cm³/mol. The molecule has 0 saturated carbocycles. The van der Waals surface area contributed by atoms with Crippen LogP contribution in [0.2, 0.25) is 0 Å². The Balaban J connectivity index is 1.67. The van der Waals surface area contributed by atoms with Crippen molar-refractivity contribution in [3.63, 3.8) is 0 Å². The van der Waals surface area contributed by atoms with Crippen LogP contribution in [0.4, 0.5) is 5.69 Å². The number of amides is 1. The highest BCUT2D eigenvalue weighted by atomic mass is 16.4. The molecule has 0 aliphatic heterocycles. The molecule has 0 radical (unpaired) electrons. The molecule has 0 atom stereocenters. The Bertz CT molecular complexity index is 1200. The first-order valence-electron chi connectivity index (χ1n) is 7.87. The average Bonchev–Trinajstić information content (AvgIpc) is 3.19. The van der Waals surface area contributed by atoms with Crippen molar-refractivity contribution in [2.45, 2.75) is 6.54 Å². The molecule has 0 fully saturated rings. The Hall–Kier alpha value is -3.81. The van der Waals surface area contributed by atoms with Gasteiger partial charge in [0.05, 0.1) is 17.7 Å². The highest BCUT2D eigenvalue weighted by molar-refractivity contribution is 6.06. The van der Waals surface area contributed by atoms with Gasteiger partial charge in [0, 0.05) is 6.20 Å². The van der Waals surface area contributed by atoms with Crippen LogP contribution in [0.3, 0.4) is 0 Å². The zero-order valence-corrected chi connectivity index (χ0v) is 13.5. The van der Waals surface area contributed by atoms with Gasteiger partial charge in [0.25, 0.3) is 5.91 Å². The fraction of sp³-hybridized carbons (Fsp3) is 0.0556. The second kappa shape index (κ2) is 6.25. The fourth-order valence-corrected chi connectivity index (χ4v) is 2.76. The maximum Gasteiger partial charge on any atom is 0.417 e. The minimum Gasteiger partial charge on any atom is -0.406 e. The predicted octanol–water partition coefficient (Wildman–Crippen LogP) is 1.91. The van der Waals surface area contributed by atoms with Gasteiger partial charge in [0.1, 0.15) is 5.69 Å². The Morgan fingerprint density at radius 1 is 1.08 bits per heavy atom. The van der Waals surface area contributed by atoms with Crippen LogP contribution in [0.25, 0.3) is 11.1 Å². The van der Waals surface area contributed by atoms with Crippen molar-refractivity contribution < 1.29 is 9.21 Å². The van der Waals surface area contributed by atoms with Crippen LogP contribution in [-0.4, -0.2) is 20.4 Å². The van der Waals surface area contributed by atoms with E-state index in [1.54, 1.807) is 18.2 Å². The molecular formula is C18H14N4O4. The van der Waals surface area contributed by atoms with Crippen LogP contribution in [0.1, 0.15) is 16.1 Å². The number of oxazole rings is 1. The quantitative estimate of drug-likeness (QED) is 0.522. The Labute approximate surface area is 146 Å². The number of hydrogen-bond donors (Lipinski definition) is 3. The second-order valence-corrected chi connectivity index (χ2v) is 5.70. The lowest BCUT2D eigenvalue weighted by Gasteiger charge is -2.08. The molecule has 0 unspecified atom stereocenters. The van der Waals surface area contributed by atoms with Crippen LogP contribution in [0, 0.1) is 0 Å². The summed E-state index contributed by atoms with van der Waals surface area (Å²) in [6.07, 6.45) is 1.36. The summed E-state index contributed by atoms with van der Waals surface area (Å²) in [7, 11) is 0. The number of aromatic nitrogens is 3. The molecule has 4 rings (SSSR count). The van der Waals surface area contributed by atoms with E-state index in [9.17, 15) is 14.4 Å². The molecule has 0 aliphatic carbocycles. The number of aromatic amines is 2. The summed E-state index contributed by atoms with van der Waals surface area (Å²) in [6.45, 7) is 0.259. The van der Waals surface area contributed by atoms with Gasteiger partial charge in [-0.25, -0.2) is 9.59 Å². The van der Waals surface area contributed by atoms with E-state index in [0.29, 0.717) is 11.2 Å². The minimum absolute atomic E-state index is 0.175. The molecule has 2 heterocycles. The summed E-state index contributed by atoms with van der Waals surface area (Å²) < 4.78 is 6.41. The van der Waals surface area contributed by atoms with E-state index in [1.165, 1.54) is 10.8 Å². The van der Waals surface area contributed by atoms with Crippen LogP contribution < -0.4 is 16.8 Å². The van der Waals surface area contributed by atoms with Crippen molar-refractivity contribution in [2.24, 2.45) is 0 Å². The lowest BCUT2D eigenvalue weighted by Crippen LogP contribution is -2.24. The highest BCUT2D eigenvalue weighted by Gasteiger charge is 2.17. The third-order valence-electron chi connectivity index (χ3n) is 3.98. The van der Waals surface area contributed by atoms with Crippen LogP contribution in [-0.2, 0) is 6.54 Å². The number of anilines is 1. The van der Waals surface area contributed by atoms with Crippen LogP contribution in [0.5, 0.6) is 0 Å². The van der Waals surface area contributed by atoms with E-state index in [0.717, 1.165) is 5.56 Å². The lowest BCUT2D eigenvalue weighted by atomic mass is 10.2. The summed E-state index contributed by atoms with van der Waals surface area (Å²) in [5.41, 5.74) is 1.74. The third kappa shape index (κ3) is 2.84. The number of carbonyl (C=O) groups is 1. The molecule has 0 spiro atoms. The van der Waals surface area contributed by atoms with Gasteiger partial charge in [-0.2, -0.15) is 0 Å². The number of nitrogens with one attached hydrogen (secondary N) is 3. The number of para-hydroxylation sites is 1. The van der Waals surface area contributed by atoms with Gasteiger partial charge in [-0.05, 0) is 17.7 Å². The highest BCUT2D eigenvalue weighted by Crippen LogP contribution is 2.21. The first kappa shape index (κ1) is 15.7. The van der Waals surface area contributed by atoms with Gasteiger partial charge in [0.15, 0.2) is 5.58 Å². The largest absolute Gasteiger partial charge is 0.417 e. The zero-order valence-electron chi connectivity index (χ0n) is 13.5. The maximum atomic E-state index is 12.7. The van der Waals surface area contributed by atoms with Gasteiger partial charge in [-0.1, -0.05) is 36.4 Å². The summed E-state index contributed by atoms with van der Waals surface area (Å²) in [6, 6.07) is 14.3. The minimum atomic E-state index is -0.607. The normalized spacial score (nSPS) is 10.9. The van der Waals surface area contributed by atoms with Crippen molar-refractivity contribution in [2.75, 3.05) is 5.32 Å². The second-order valence-electron chi connectivity index (χ2n) is 5.70. The maximum absolute atomic E-state index is 12.7. The summed E-state index contributed by atoms with van der Waals surface area (Å²) >= 11 is 0. The van der Waals surface area contributed by atoms with E-state index in [1.807, 2.05) is 30.3 Å². The van der Waals surface area contributed by atoms with E-state index in [4.69, 9.17) is 4.42 Å². The Morgan fingerprint density at radius 2 is 1.88 bits per heavy atom. The monoisotopic (exact) mass is 350 g/mol. The van der Waals surface area contributed by atoms with Crippen molar-refractivity contribution >= 4 is 22.7 Å². The lowest BCUT2D eigenvalue weighted by molar-refractivity contribution is 0.101. The fourth-order valence-electron chi connectivity index (χ4n) is 2.76. The van der Waals surface area contributed by atoms with Gasteiger partial charge < -0.3 is 14.7 Å². The van der Waals surface area contributed by atoms with Gasteiger partial charge >= 0.3 is 11.4 Å². The summed E-state index contributed by atoms with van der Waals surface area (Å²) in [5.74, 6) is -1.10. The smallest absolute Gasteiger partial charge is 0.406 e. The molecule has 26 heavy (non-hydrogen) atoms. The van der Waals surface area contributed by atoms with Gasteiger partial charge in [-0.15, -0.1) is 0 Å². The first-order chi connectivity index (χ1) is 12.6. The van der Waals surface area contributed by atoms with Gasteiger partial charge in [-0.3, -0.25) is 14.3 Å². The van der Waals surface area contributed by atoms with Crippen molar-refractivity contribution in [3.05, 3.63) is 87.0 Å². The SMILES string of the molecule is O=C(Nc1cccc2[nH]c(=O)oc12)c1c[nH]c(=O)n1Cc1ccccc1. The molecule has 1 amide bonds. The number of hydrogen-bond acceptors (Lipinski definition) is 4. The van der Waals surface area contributed by atoms with Crippen molar-refractivity contribution in [1.29, 1.82) is 0 Å². The van der Waals surface area contributed by atoms with Crippen LogP contribution >= 0.6 is 0 Å². The number of H-pyrrole nitrogens is 2. The molecule has 2 aromatic heterocycles. The third-order valence-corrected chi connectivity index (χ3v) is 3.98. The standard InChI is InChI=1S/C18H14N4O4/c23-16(20-12-7-4-8-13-15(12)26-18(25)21-13)14-9-19-17(24)22(14)10-11-5-2-1-3-6-11/h1-9H,10H2,(H,19,24)(H,20,23)(H,21,25). The molecule has 4 aromatic rings. The number of rotatable bonds is 4. The zero-order chi connectivity index (χ0) is 18.1. The molecule has 8 heteroatoms. The molecule has 8 nitrogen and oxygen atoms in total. The van der Waals surface area contributed by atoms with E-state index < -0.39 is 11.7 Å². The number of fused-ring (bicyclic) bond motifs is 1. The summed E-state index contributed by atoms with van der Waals surface area (Å²) in [5, 5.41) is 2.68. The number of nitrogens with zero attached hydrogens (tertiary/aromatic N) is 1. The Morgan fingerprint density at radius 3 is 2.69 bits per heavy atom. The van der Waals surface area contributed by atoms with E-state index in [2.05, 4.69) is 15.3 Å². The average molecular weight is 350 g/mol. The molecule has 0 saturated heterocycles. The van der Waals surface area contributed by atoms with E-state index in [-0.39, 0.29) is 23.5 Å². The molecule has 130 valence electrons. The van der Waals surface area contributed by atoms with Crippen LogP contribution in [0.15, 0.2) is 68.7 Å². The molecule has 3 N–H and O–H groups in total. The molecular weight excluding hydrogens is 336 g/mol. The number of benzene rings is 2. The molecule has 0 bridgehead atoms. The topological polar surface area (TPSA) is 113 Å². The molecule has 0 aliphatic rings. The van der Waals surface area contributed by atoms with E-state index >= 15 is 0 Å².